The van der Waals surface area contributed by atoms with Gasteiger partial charge in [-0.05, 0) is 23.8 Å². The van der Waals surface area contributed by atoms with Crippen molar-refractivity contribution in [2.75, 3.05) is 0 Å². The maximum absolute atomic E-state index is 13.4. The molecule has 1 nitrogen and oxygen atoms in total. The van der Waals surface area contributed by atoms with E-state index in [4.69, 9.17) is 11.6 Å². The summed E-state index contributed by atoms with van der Waals surface area (Å²) in [4.78, 5) is 3.02. The molecule has 0 saturated carbocycles. The van der Waals surface area contributed by atoms with Crippen molar-refractivity contribution in [3.63, 3.8) is 0 Å². The van der Waals surface area contributed by atoms with E-state index in [1.807, 2.05) is 18.3 Å². The van der Waals surface area contributed by atoms with E-state index in [-0.39, 0.29) is 10.8 Å². The Balaban J connectivity index is 2.29. The molecule has 3 heteroatoms. The maximum atomic E-state index is 13.4. The lowest BCUT2D eigenvalue weighted by molar-refractivity contribution is 0.614. The normalized spacial score (nSPS) is 10.4. The minimum absolute atomic E-state index is 0.175. The molecule has 0 aliphatic rings. The minimum Gasteiger partial charge on any atom is -0.365 e. The Morgan fingerprint density at radius 1 is 1.21 bits per heavy atom. The summed E-state index contributed by atoms with van der Waals surface area (Å²) in [5.74, 6) is -0.330. The zero-order valence-corrected chi connectivity index (χ0v) is 8.18. The predicted molar refractivity (Wildman–Crippen MR) is 55.0 cm³/mol. The number of hydrogen-bond acceptors (Lipinski definition) is 0. The number of benzene rings is 1. The van der Waals surface area contributed by atoms with Crippen LogP contribution in [0.3, 0.4) is 0 Å². The standard InChI is InChI=1S/C11H9ClFN/c12-10-5-1-3-8(11(10)13)7-9-4-2-6-14-9/h1-6,14H,7H2. The van der Waals surface area contributed by atoms with Crippen molar-refractivity contribution in [2.24, 2.45) is 0 Å². The Hall–Kier alpha value is -1.28. The Bertz CT molecular complexity index is 423. The van der Waals surface area contributed by atoms with Gasteiger partial charge in [0.25, 0.3) is 0 Å². The molecule has 0 aliphatic carbocycles. The Labute approximate surface area is 86.5 Å². The highest BCUT2D eigenvalue weighted by Crippen LogP contribution is 2.19. The largest absolute Gasteiger partial charge is 0.365 e. The molecule has 0 radical (unpaired) electrons. The smallest absolute Gasteiger partial charge is 0.145 e. The first kappa shape index (κ1) is 9.28. The number of halogens is 2. The molecule has 1 heterocycles. The van der Waals surface area contributed by atoms with Crippen LogP contribution in [0.2, 0.25) is 5.02 Å². The van der Waals surface area contributed by atoms with E-state index in [1.54, 1.807) is 18.2 Å². The van der Waals surface area contributed by atoms with E-state index in [9.17, 15) is 4.39 Å². The number of aromatic amines is 1. The van der Waals surface area contributed by atoms with Crippen LogP contribution in [0, 0.1) is 5.82 Å². The van der Waals surface area contributed by atoms with Gasteiger partial charge in [0.15, 0.2) is 0 Å². The van der Waals surface area contributed by atoms with Crippen molar-refractivity contribution in [1.82, 2.24) is 4.98 Å². The summed E-state index contributed by atoms with van der Waals surface area (Å²) < 4.78 is 13.4. The molecule has 0 saturated heterocycles. The molecule has 0 unspecified atom stereocenters. The molecular weight excluding hydrogens is 201 g/mol. The van der Waals surface area contributed by atoms with Gasteiger partial charge >= 0.3 is 0 Å². The summed E-state index contributed by atoms with van der Waals surface area (Å²) >= 11 is 5.67. The summed E-state index contributed by atoms with van der Waals surface area (Å²) in [6.45, 7) is 0. The summed E-state index contributed by atoms with van der Waals surface area (Å²) in [6, 6.07) is 8.85. The van der Waals surface area contributed by atoms with Crippen molar-refractivity contribution >= 4 is 11.6 Å². The number of aromatic nitrogens is 1. The van der Waals surface area contributed by atoms with Crippen LogP contribution < -0.4 is 0 Å². The van der Waals surface area contributed by atoms with Crippen LogP contribution in [0.4, 0.5) is 4.39 Å². The van der Waals surface area contributed by atoms with Crippen LogP contribution in [-0.4, -0.2) is 4.98 Å². The van der Waals surface area contributed by atoms with Crippen molar-refractivity contribution in [3.05, 3.63) is 58.6 Å². The van der Waals surface area contributed by atoms with Crippen molar-refractivity contribution in [2.45, 2.75) is 6.42 Å². The highest BCUT2D eigenvalue weighted by Gasteiger charge is 2.06. The fraction of sp³-hybridized carbons (Fsp3) is 0.0909. The Kier molecular flexibility index (Phi) is 2.55. The number of H-pyrrole nitrogens is 1. The maximum Gasteiger partial charge on any atom is 0.145 e. The molecule has 0 aliphatic heterocycles. The Morgan fingerprint density at radius 3 is 2.79 bits per heavy atom. The topological polar surface area (TPSA) is 15.8 Å². The first-order valence-corrected chi connectivity index (χ1v) is 4.70. The summed E-state index contributed by atoms with van der Waals surface area (Å²) in [6.07, 6.45) is 2.36. The van der Waals surface area contributed by atoms with Crippen LogP contribution >= 0.6 is 11.6 Å². The average Bonchev–Trinajstić information content (AvgIpc) is 2.66. The van der Waals surface area contributed by atoms with E-state index >= 15 is 0 Å². The van der Waals surface area contributed by atoms with E-state index in [0.29, 0.717) is 12.0 Å². The molecule has 72 valence electrons. The zero-order chi connectivity index (χ0) is 9.97. The molecule has 0 amide bonds. The average molecular weight is 210 g/mol. The molecule has 1 aromatic carbocycles. The van der Waals surface area contributed by atoms with Crippen LogP contribution in [0.5, 0.6) is 0 Å². The lowest BCUT2D eigenvalue weighted by Gasteiger charge is -2.02. The Morgan fingerprint density at radius 2 is 2.07 bits per heavy atom. The monoisotopic (exact) mass is 209 g/mol. The lowest BCUT2D eigenvalue weighted by Crippen LogP contribution is -1.93. The lowest BCUT2D eigenvalue weighted by atomic mass is 10.1. The molecule has 14 heavy (non-hydrogen) atoms. The number of nitrogens with one attached hydrogen (secondary N) is 1. The summed E-state index contributed by atoms with van der Waals surface area (Å²) in [5.41, 5.74) is 1.59. The summed E-state index contributed by atoms with van der Waals surface area (Å²) in [5, 5.41) is 0.175. The SMILES string of the molecule is Fc1c(Cl)cccc1Cc1ccc[nH]1. The third kappa shape index (κ3) is 1.80. The van der Waals surface area contributed by atoms with Crippen molar-refractivity contribution in [3.8, 4) is 0 Å². The fourth-order valence-electron chi connectivity index (χ4n) is 1.37. The molecule has 0 fully saturated rings. The van der Waals surface area contributed by atoms with E-state index in [0.717, 1.165) is 5.69 Å². The van der Waals surface area contributed by atoms with Crippen LogP contribution in [0.15, 0.2) is 36.5 Å². The molecule has 1 aromatic heterocycles. The van der Waals surface area contributed by atoms with Gasteiger partial charge in [0, 0.05) is 18.3 Å². The van der Waals surface area contributed by atoms with Crippen LogP contribution in [0.25, 0.3) is 0 Å². The third-order valence-corrected chi connectivity index (χ3v) is 2.37. The molecule has 1 N–H and O–H groups in total. The van der Waals surface area contributed by atoms with Gasteiger partial charge in [-0.2, -0.15) is 0 Å². The molecule has 0 atom stereocenters. The van der Waals surface area contributed by atoms with E-state index in [2.05, 4.69) is 4.98 Å². The van der Waals surface area contributed by atoms with Crippen molar-refractivity contribution in [1.29, 1.82) is 0 Å². The van der Waals surface area contributed by atoms with E-state index in [1.165, 1.54) is 0 Å². The van der Waals surface area contributed by atoms with Gasteiger partial charge in [-0.1, -0.05) is 23.7 Å². The molecular formula is C11H9ClFN. The molecule has 2 aromatic rings. The molecule has 2 rings (SSSR count). The highest BCUT2D eigenvalue weighted by atomic mass is 35.5. The van der Waals surface area contributed by atoms with Gasteiger partial charge in [0.2, 0.25) is 0 Å². The zero-order valence-electron chi connectivity index (χ0n) is 7.43. The second-order valence-electron chi connectivity index (χ2n) is 3.09. The first-order valence-electron chi connectivity index (χ1n) is 4.32. The van der Waals surface area contributed by atoms with Gasteiger partial charge in [0.1, 0.15) is 5.82 Å². The summed E-state index contributed by atoms with van der Waals surface area (Å²) in [7, 11) is 0. The van der Waals surface area contributed by atoms with Crippen LogP contribution in [-0.2, 0) is 6.42 Å². The fourth-order valence-corrected chi connectivity index (χ4v) is 1.56. The van der Waals surface area contributed by atoms with E-state index < -0.39 is 0 Å². The van der Waals surface area contributed by atoms with Crippen molar-refractivity contribution < 1.29 is 4.39 Å². The van der Waals surface area contributed by atoms with Gasteiger partial charge in [-0.3, -0.25) is 0 Å². The number of rotatable bonds is 2. The number of hydrogen-bond donors (Lipinski definition) is 1. The van der Waals surface area contributed by atoms with Gasteiger partial charge in [-0.25, -0.2) is 4.39 Å². The third-order valence-electron chi connectivity index (χ3n) is 2.07. The predicted octanol–water partition coefficient (Wildman–Crippen LogP) is 3.40. The molecule has 0 spiro atoms. The second kappa shape index (κ2) is 3.84. The minimum atomic E-state index is -0.330. The molecule has 0 bridgehead atoms. The van der Waals surface area contributed by atoms with Gasteiger partial charge in [0.05, 0.1) is 5.02 Å². The van der Waals surface area contributed by atoms with Crippen LogP contribution in [0.1, 0.15) is 11.3 Å². The van der Waals surface area contributed by atoms with Gasteiger partial charge < -0.3 is 4.98 Å². The first-order chi connectivity index (χ1) is 6.77. The van der Waals surface area contributed by atoms with Gasteiger partial charge in [-0.15, -0.1) is 0 Å². The highest BCUT2D eigenvalue weighted by molar-refractivity contribution is 6.30. The second-order valence-corrected chi connectivity index (χ2v) is 3.49. The quantitative estimate of drug-likeness (QED) is 0.781.